The topological polar surface area (TPSA) is 65.6 Å². The van der Waals surface area contributed by atoms with Crippen LogP contribution >= 0.6 is 0 Å². The normalized spacial score (nSPS) is 11.3. The van der Waals surface area contributed by atoms with Crippen LogP contribution in [0.4, 0.5) is 5.82 Å². The summed E-state index contributed by atoms with van der Waals surface area (Å²) in [5.74, 6) is 0.834. The van der Waals surface area contributed by atoms with Crippen LogP contribution in [0.5, 0.6) is 0 Å². The van der Waals surface area contributed by atoms with Gasteiger partial charge in [-0.2, -0.15) is 0 Å². The highest BCUT2D eigenvalue weighted by Crippen LogP contribution is 2.27. The molecule has 0 bridgehead atoms. The van der Waals surface area contributed by atoms with Crippen LogP contribution in [0, 0.1) is 0 Å². The van der Waals surface area contributed by atoms with Gasteiger partial charge in [0.1, 0.15) is 17.8 Å². The molecule has 3 N–H and O–H groups in total. The van der Waals surface area contributed by atoms with Crippen LogP contribution in [-0.2, 0) is 19.6 Å². The van der Waals surface area contributed by atoms with Gasteiger partial charge in [-0.15, -0.1) is 0 Å². The van der Waals surface area contributed by atoms with Crippen molar-refractivity contribution in [2.24, 2.45) is 0 Å². The molecule has 0 atom stereocenters. The zero-order valence-corrected chi connectivity index (χ0v) is 19.8. The third kappa shape index (κ3) is 5.65. The molecule has 2 heterocycles. The molecule has 0 radical (unpaired) electrons. The highest BCUT2D eigenvalue weighted by Gasteiger charge is 2.09. The maximum Gasteiger partial charge on any atom is 0.143 e. The fraction of sp³-hybridized carbons (Fsp3) is 0.133. The standard InChI is InChI=1S/C30H29N5/c1-2-6-22-9-11-24(12-10-22)18-31-19-25-13-15-26(16-14-25)28-17-27-29(33-21-34-30(27)35-28)32-20-23-7-4-3-5-8-23/h2-17,21,31H,18-20H2,1H3,(H2,32,33,34,35)/b6-2+. The van der Waals surface area contributed by atoms with E-state index >= 15 is 0 Å². The summed E-state index contributed by atoms with van der Waals surface area (Å²) in [6, 6.07) is 29.7. The first-order valence-corrected chi connectivity index (χ1v) is 11.9. The Bertz CT molecular complexity index is 1400. The van der Waals surface area contributed by atoms with E-state index in [-0.39, 0.29) is 0 Å². The molecule has 0 saturated heterocycles. The average molecular weight is 460 g/mol. The Balaban J connectivity index is 1.22. The monoisotopic (exact) mass is 459 g/mol. The molecular weight excluding hydrogens is 430 g/mol. The lowest BCUT2D eigenvalue weighted by molar-refractivity contribution is 0.693. The van der Waals surface area contributed by atoms with E-state index in [0.29, 0.717) is 0 Å². The smallest absolute Gasteiger partial charge is 0.143 e. The molecule has 174 valence electrons. The minimum Gasteiger partial charge on any atom is -0.365 e. The molecule has 0 aliphatic carbocycles. The second kappa shape index (κ2) is 10.8. The Morgan fingerprint density at radius 2 is 1.46 bits per heavy atom. The summed E-state index contributed by atoms with van der Waals surface area (Å²) >= 11 is 0. The van der Waals surface area contributed by atoms with E-state index in [4.69, 9.17) is 0 Å². The first-order chi connectivity index (χ1) is 17.3. The van der Waals surface area contributed by atoms with Crippen molar-refractivity contribution in [1.29, 1.82) is 0 Å². The molecule has 35 heavy (non-hydrogen) atoms. The van der Waals surface area contributed by atoms with E-state index in [1.165, 1.54) is 22.3 Å². The third-order valence-corrected chi connectivity index (χ3v) is 5.99. The lowest BCUT2D eigenvalue weighted by Gasteiger charge is -2.07. The van der Waals surface area contributed by atoms with Gasteiger partial charge in [0.2, 0.25) is 0 Å². The highest BCUT2D eigenvalue weighted by molar-refractivity contribution is 5.91. The number of anilines is 1. The SMILES string of the molecule is C/C=C/c1ccc(CNCc2ccc(-c3cc4c(NCc5ccccc5)ncnc4[nH]3)cc2)cc1. The fourth-order valence-electron chi connectivity index (χ4n) is 4.11. The molecule has 0 amide bonds. The molecule has 5 rings (SSSR count). The maximum absolute atomic E-state index is 4.46. The molecule has 0 fully saturated rings. The maximum atomic E-state index is 4.46. The van der Waals surface area contributed by atoms with Crippen LogP contribution in [0.15, 0.2) is 97.3 Å². The molecule has 5 aromatic rings. The molecule has 3 aromatic carbocycles. The van der Waals surface area contributed by atoms with E-state index < -0.39 is 0 Å². The van der Waals surface area contributed by atoms with Gasteiger partial charge in [0.25, 0.3) is 0 Å². The van der Waals surface area contributed by atoms with Gasteiger partial charge in [-0.1, -0.05) is 91.0 Å². The van der Waals surface area contributed by atoms with Gasteiger partial charge < -0.3 is 15.6 Å². The number of fused-ring (bicyclic) bond motifs is 1. The molecule has 5 nitrogen and oxygen atoms in total. The van der Waals surface area contributed by atoms with Crippen molar-refractivity contribution in [2.75, 3.05) is 5.32 Å². The number of hydrogen-bond acceptors (Lipinski definition) is 4. The fourth-order valence-corrected chi connectivity index (χ4v) is 4.11. The number of allylic oxidation sites excluding steroid dienone is 1. The summed E-state index contributed by atoms with van der Waals surface area (Å²) in [4.78, 5) is 12.3. The van der Waals surface area contributed by atoms with Crippen LogP contribution in [0.3, 0.4) is 0 Å². The lowest BCUT2D eigenvalue weighted by Crippen LogP contribution is -2.12. The molecule has 0 aliphatic rings. The van der Waals surface area contributed by atoms with Gasteiger partial charge in [0, 0.05) is 25.3 Å². The summed E-state index contributed by atoms with van der Waals surface area (Å²) in [6.07, 6.45) is 5.77. The van der Waals surface area contributed by atoms with E-state index in [2.05, 4.69) is 104 Å². The first kappa shape index (κ1) is 22.6. The van der Waals surface area contributed by atoms with Crippen LogP contribution in [0.1, 0.15) is 29.2 Å². The van der Waals surface area contributed by atoms with Gasteiger partial charge in [0.15, 0.2) is 0 Å². The molecular formula is C30H29N5. The quantitative estimate of drug-likeness (QED) is 0.234. The molecule has 0 unspecified atom stereocenters. The van der Waals surface area contributed by atoms with E-state index in [9.17, 15) is 0 Å². The summed E-state index contributed by atoms with van der Waals surface area (Å²) in [5.41, 5.74) is 7.96. The van der Waals surface area contributed by atoms with Gasteiger partial charge in [-0.05, 0) is 40.8 Å². The zero-order valence-electron chi connectivity index (χ0n) is 19.8. The number of rotatable bonds is 9. The van der Waals surface area contributed by atoms with Crippen molar-refractivity contribution in [2.45, 2.75) is 26.6 Å². The number of benzene rings is 3. The Labute approximate surface area is 206 Å². The number of aromatic nitrogens is 3. The van der Waals surface area contributed by atoms with Crippen LogP contribution in [0.25, 0.3) is 28.4 Å². The summed E-state index contributed by atoms with van der Waals surface area (Å²) in [7, 11) is 0. The van der Waals surface area contributed by atoms with Crippen molar-refractivity contribution in [3.05, 3.63) is 120 Å². The number of aromatic amines is 1. The number of nitrogens with one attached hydrogen (secondary N) is 3. The zero-order chi connectivity index (χ0) is 23.9. The Hall–Kier alpha value is -4.22. The Kier molecular flexibility index (Phi) is 6.97. The number of nitrogens with zero attached hydrogens (tertiary/aromatic N) is 2. The van der Waals surface area contributed by atoms with Gasteiger partial charge >= 0.3 is 0 Å². The molecule has 0 saturated carbocycles. The van der Waals surface area contributed by atoms with Gasteiger partial charge in [0.05, 0.1) is 5.39 Å². The largest absolute Gasteiger partial charge is 0.365 e. The van der Waals surface area contributed by atoms with Crippen molar-refractivity contribution in [1.82, 2.24) is 20.3 Å². The molecule has 2 aromatic heterocycles. The predicted octanol–water partition coefficient (Wildman–Crippen LogP) is 6.56. The molecule has 0 aliphatic heterocycles. The van der Waals surface area contributed by atoms with Gasteiger partial charge in [-0.25, -0.2) is 9.97 Å². The second-order valence-electron chi connectivity index (χ2n) is 8.55. The summed E-state index contributed by atoms with van der Waals surface area (Å²) < 4.78 is 0. The van der Waals surface area contributed by atoms with Crippen molar-refractivity contribution in [3.63, 3.8) is 0 Å². The lowest BCUT2D eigenvalue weighted by atomic mass is 10.1. The minimum absolute atomic E-state index is 0.717. The Morgan fingerprint density at radius 1 is 0.771 bits per heavy atom. The van der Waals surface area contributed by atoms with Crippen LogP contribution in [0.2, 0.25) is 0 Å². The Morgan fingerprint density at radius 3 is 2.17 bits per heavy atom. The van der Waals surface area contributed by atoms with Crippen molar-refractivity contribution < 1.29 is 0 Å². The summed E-state index contributed by atoms with van der Waals surface area (Å²) in [5, 5.41) is 7.96. The van der Waals surface area contributed by atoms with Crippen LogP contribution in [-0.4, -0.2) is 15.0 Å². The average Bonchev–Trinajstić information content (AvgIpc) is 3.35. The van der Waals surface area contributed by atoms with Gasteiger partial charge in [-0.3, -0.25) is 0 Å². The number of H-pyrrole nitrogens is 1. The number of hydrogen-bond donors (Lipinski definition) is 3. The third-order valence-electron chi connectivity index (χ3n) is 5.99. The highest BCUT2D eigenvalue weighted by atomic mass is 15.0. The van der Waals surface area contributed by atoms with E-state index in [1.54, 1.807) is 6.33 Å². The first-order valence-electron chi connectivity index (χ1n) is 11.9. The van der Waals surface area contributed by atoms with Crippen molar-refractivity contribution >= 4 is 22.9 Å². The summed E-state index contributed by atoms with van der Waals surface area (Å²) in [6.45, 7) is 4.42. The minimum atomic E-state index is 0.717. The van der Waals surface area contributed by atoms with Crippen LogP contribution < -0.4 is 10.6 Å². The second-order valence-corrected chi connectivity index (χ2v) is 8.55. The van der Waals surface area contributed by atoms with E-state index in [1.807, 2.05) is 25.1 Å². The molecule has 5 heteroatoms. The van der Waals surface area contributed by atoms with Crippen molar-refractivity contribution in [3.8, 4) is 11.3 Å². The molecule has 0 spiro atoms. The predicted molar refractivity (Wildman–Crippen MR) is 145 cm³/mol. The van der Waals surface area contributed by atoms with E-state index in [0.717, 1.165) is 47.7 Å².